The van der Waals surface area contributed by atoms with Crippen LogP contribution in [0.2, 0.25) is 0 Å². The Balaban J connectivity index is 1.60. The molecule has 1 aliphatic carbocycles. The van der Waals surface area contributed by atoms with Crippen LogP contribution in [0.25, 0.3) is 0 Å². The summed E-state index contributed by atoms with van der Waals surface area (Å²) in [6.45, 7) is 0. The summed E-state index contributed by atoms with van der Waals surface area (Å²) in [5.41, 5.74) is 1.00. The molecule has 0 radical (unpaired) electrons. The Morgan fingerprint density at radius 1 is 1.14 bits per heavy atom. The van der Waals surface area contributed by atoms with E-state index in [-0.39, 0.29) is 17.4 Å². The molecule has 7 heteroatoms. The van der Waals surface area contributed by atoms with E-state index in [9.17, 15) is 14.4 Å². The minimum Gasteiger partial charge on any atom is -0.497 e. The van der Waals surface area contributed by atoms with Gasteiger partial charge in [0.25, 0.3) is 0 Å². The number of rotatable bonds is 7. The number of carbonyl (C=O) groups is 3. The molecule has 6 nitrogen and oxygen atoms in total. The number of benzene rings is 2. The minimum absolute atomic E-state index is 0.0209. The second-order valence-corrected chi connectivity index (χ2v) is 7.69. The number of carbonyl (C=O) groups excluding carboxylic acids is 3. The maximum Gasteiger partial charge on any atom is 0.339 e. The highest BCUT2D eigenvalue weighted by Crippen LogP contribution is 2.26. The topological polar surface area (TPSA) is 81.7 Å². The van der Waals surface area contributed by atoms with Gasteiger partial charge in [0, 0.05) is 23.1 Å². The SMILES string of the molecule is COc1cccc(NC(=O)CSc2ccccc2C(=O)O[C@H]2CCCCC2=O)c1. The molecule has 29 heavy (non-hydrogen) atoms. The highest BCUT2D eigenvalue weighted by molar-refractivity contribution is 8.00. The molecule has 1 saturated carbocycles. The number of ether oxygens (including phenoxy) is 2. The van der Waals surface area contributed by atoms with Crippen LogP contribution in [0, 0.1) is 0 Å². The van der Waals surface area contributed by atoms with Crippen molar-refractivity contribution in [3.05, 3.63) is 54.1 Å². The maximum atomic E-state index is 12.6. The first-order valence-corrected chi connectivity index (χ1v) is 10.4. The van der Waals surface area contributed by atoms with Crippen molar-refractivity contribution < 1.29 is 23.9 Å². The molecule has 1 atom stereocenters. The molecule has 3 rings (SSSR count). The van der Waals surface area contributed by atoms with Gasteiger partial charge in [-0.3, -0.25) is 9.59 Å². The van der Waals surface area contributed by atoms with Crippen LogP contribution in [-0.2, 0) is 14.3 Å². The van der Waals surface area contributed by atoms with E-state index in [0.29, 0.717) is 34.7 Å². The largest absolute Gasteiger partial charge is 0.497 e. The smallest absolute Gasteiger partial charge is 0.339 e. The molecule has 0 saturated heterocycles. The molecule has 152 valence electrons. The average molecular weight is 413 g/mol. The number of hydrogen-bond donors (Lipinski definition) is 1. The van der Waals surface area contributed by atoms with E-state index in [2.05, 4.69) is 5.32 Å². The van der Waals surface area contributed by atoms with Gasteiger partial charge in [-0.25, -0.2) is 4.79 Å². The number of nitrogens with one attached hydrogen (secondary N) is 1. The molecular formula is C22H23NO5S. The number of amides is 1. The third-order valence-corrected chi connectivity index (χ3v) is 5.64. The number of thioether (sulfide) groups is 1. The third kappa shape index (κ3) is 5.84. The normalized spacial score (nSPS) is 16.2. The molecule has 1 amide bonds. The van der Waals surface area contributed by atoms with Crippen LogP contribution >= 0.6 is 11.8 Å². The van der Waals surface area contributed by atoms with Gasteiger partial charge in [0.05, 0.1) is 18.4 Å². The summed E-state index contributed by atoms with van der Waals surface area (Å²) in [6, 6.07) is 14.0. The summed E-state index contributed by atoms with van der Waals surface area (Å²) in [6.07, 6.45) is 2.10. The quantitative estimate of drug-likeness (QED) is 0.544. The van der Waals surface area contributed by atoms with Crippen LogP contribution in [0.5, 0.6) is 5.75 Å². The number of methoxy groups -OCH3 is 1. The molecule has 0 unspecified atom stereocenters. The molecular weight excluding hydrogens is 390 g/mol. The van der Waals surface area contributed by atoms with Crippen molar-refractivity contribution in [2.24, 2.45) is 0 Å². The van der Waals surface area contributed by atoms with Crippen LogP contribution in [-0.4, -0.2) is 36.6 Å². The van der Waals surface area contributed by atoms with Crippen LogP contribution in [0.3, 0.4) is 0 Å². The minimum atomic E-state index is -0.661. The first-order valence-electron chi connectivity index (χ1n) is 9.46. The zero-order valence-corrected chi connectivity index (χ0v) is 17.0. The van der Waals surface area contributed by atoms with Gasteiger partial charge in [0.15, 0.2) is 11.9 Å². The van der Waals surface area contributed by atoms with Gasteiger partial charge in [0.1, 0.15) is 5.75 Å². The monoisotopic (exact) mass is 413 g/mol. The second kappa shape index (κ2) is 10.1. The summed E-state index contributed by atoms with van der Waals surface area (Å²) < 4.78 is 10.6. The van der Waals surface area contributed by atoms with Crippen molar-refractivity contribution in [2.75, 3.05) is 18.2 Å². The number of hydrogen-bond acceptors (Lipinski definition) is 6. The van der Waals surface area contributed by atoms with E-state index < -0.39 is 12.1 Å². The van der Waals surface area contributed by atoms with E-state index in [0.717, 1.165) is 12.8 Å². The first-order chi connectivity index (χ1) is 14.1. The van der Waals surface area contributed by atoms with E-state index in [1.807, 2.05) is 0 Å². The lowest BCUT2D eigenvalue weighted by molar-refractivity contribution is -0.130. The zero-order chi connectivity index (χ0) is 20.6. The van der Waals surface area contributed by atoms with Crippen molar-refractivity contribution in [2.45, 2.75) is 36.7 Å². The van der Waals surface area contributed by atoms with E-state index in [1.165, 1.54) is 11.8 Å². The Labute approximate surface area is 174 Å². The van der Waals surface area contributed by atoms with E-state index >= 15 is 0 Å². The fourth-order valence-electron chi connectivity index (χ4n) is 3.07. The Bertz CT molecular complexity index is 898. The van der Waals surface area contributed by atoms with E-state index in [4.69, 9.17) is 9.47 Å². The molecule has 0 heterocycles. The van der Waals surface area contributed by atoms with Crippen molar-refractivity contribution in [3.8, 4) is 5.75 Å². The predicted octanol–water partition coefficient (Wildman–Crippen LogP) is 4.09. The highest BCUT2D eigenvalue weighted by atomic mass is 32.2. The number of Topliss-reactive ketones (excluding diaryl/α,β-unsaturated/α-hetero) is 1. The summed E-state index contributed by atoms with van der Waals surface area (Å²) in [4.78, 5) is 37.5. The van der Waals surface area contributed by atoms with Gasteiger partial charge in [-0.1, -0.05) is 18.2 Å². The van der Waals surface area contributed by atoms with Crippen molar-refractivity contribution in [1.82, 2.24) is 0 Å². The highest BCUT2D eigenvalue weighted by Gasteiger charge is 2.27. The van der Waals surface area contributed by atoms with Crippen molar-refractivity contribution >= 4 is 35.1 Å². The van der Waals surface area contributed by atoms with Crippen molar-refractivity contribution in [1.29, 1.82) is 0 Å². The molecule has 1 N–H and O–H groups in total. The molecule has 2 aromatic rings. The molecule has 1 aliphatic rings. The van der Waals surface area contributed by atoms with Gasteiger partial charge < -0.3 is 14.8 Å². The molecule has 2 aromatic carbocycles. The Morgan fingerprint density at radius 2 is 1.97 bits per heavy atom. The second-order valence-electron chi connectivity index (χ2n) is 6.67. The number of esters is 1. The maximum absolute atomic E-state index is 12.6. The average Bonchev–Trinajstić information content (AvgIpc) is 2.74. The van der Waals surface area contributed by atoms with Gasteiger partial charge in [-0.05, 0) is 43.5 Å². The molecule has 1 fully saturated rings. The summed E-state index contributed by atoms with van der Waals surface area (Å²) in [5.74, 6) is 0.0350. The molecule has 0 bridgehead atoms. The summed E-state index contributed by atoms with van der Waals surface area (Å²) in [5, 5.41) is 2.81. The summed E-state index contributed by atoms with van der Waals surface area (Å²) in [7, 11) is 1.56. The Kier molecular flexibility index (Phi) is 7.30. The Hall–Kier alpha value is -2.80. The Morgan fingerprint density at radius 3 is 2.76 bits per heavy atom. The van der Waals surface area contributed by atoms with Gasteiger partial charge in [0.2, 0.25) is 5.91 Å². The third-order valence-electron chi connectivity index (χ3n) is 4.57. The molecule has 0 spiro atoms. The lowest BCUT2D eigenvalue weighted by atomic mass is 9.96. The molecule has 0 aromatic heterocycles. The standard InChI is InChI=1S/C22H23NO5S/c1-27-16-8-6-7-15(13-16)23-21(25)14-29-20-12-5-2-9-17(20)22(26)28-19-11-4-3-10-18(19)24/h2,5-9,12-13,19H,3-4,10-11,14H2,1H3,(H,23,25)/t19-/m0/s1. The van der Waals surface area contributed by atoms with Crippen molar-refractivity contribution in [3.63, 3.8) is 0 Å². The van der Waals surface area contributed by atoms with Gasteiger partial charge in [-0.15, -0.1) is 11.8 Å². The lowest BCUT2D eigenvalue weighted by Crippen LogP contribution is -2.30. The fourth-order valence-corrected chi connectivity index (χ4v) is 3.91. The van der Waals surface area contributed by atoms with Gasteiger partial charge in [-0.2, -0.15) is 0 Å². The number of ketones is 1. The first kappa shape index (κ1) is 20.9. The predicted molar refractivity (Wildman–Crippen MR) is 111 cm³/mol. The summed E-state index contributed by atoms with van der Waals surface area (Å²) >= 11 is 1.25. The van der Waals surface area contributed by atoms with E-state index in [1.54, 1.807) is 55.6 Å². The van der Waals surface area contributed by atoms with Crippen LogP contribution in [0.1, 0.15) is 36.0 Å². The van der Waals surface area contributed by atoms with Crippen LogP contribution < -0.4 is 10.1 Å². The van der Waals surface area contributed by atoms with Gasteiger partial charge >= 0.3 is 5.97 Å². The lowest BCUT2D eigenvalue weighted by Gasteiger charge is -2.21. The van der Waals surface area contributed by atoms with Crippen LogP contribution in [0.4, 0.5) is 5.69 Å². The van der Waals surface area contributed by atoms with Crippen LogP contribution in [0.15, 0.2) is 53.4 Å². The number of anilines is 1. The zero-order valence-electron chi connectivity index (χ0n) is 16.2. The molecule has 0 aliphatic heterocycles. The fraction of sp³-hybridized carbons (Fsp3) is 0.318.